The van der Waals surface area contributed by atoms with Crippen LogP contribution in [0.1, 0.15) is 21.5 Å². The van der Waals surface area contributed by atoms with Gasteiger partial charge in [0.15, 0.2) is 5.65 Å². The Morgan fingerprint density at radius 1 is 1.03 bits per heavy atom. The van der Waals surface area contributed by atoms with Crippen molar-refractivity contribution in [1.29, 1.82) is 5.26 Å². The number of benzene rings is 2. The predicted molar refractivity (Wildman–Crippen MR) is 125 cm³/mol. The van der Waals surface area contributed by atoms with Gasteiger partial charge in [0.05, 0.1) is 22.9 Å². The average Bonchev–Trinajstić information content (AvgIpc) is 3.25. The molecule has 0 saturated carbocycles. The Morgan fingerprint density at radius 2 is 1.88 bits per heavy atom. The molecule has 5 aromatic rings. The standard InChI is InChI=1S/C26H17FN6O/c1-16-13-17(8-9-21(16)27)24-25(33-23(32-24)7-4-11-30-33)18-10-12-29-22(14-18)31-26(34)20-6-3-2-5-19(20)15-28/h2-14H,1H3,(H,29,31,34). The second-order valence-electron chi connectivity index (χ2n) is 7.61. The molecule has 0 radical (unpaired) electrons. The van der Waals surface area contributed by atoms with E-state index in [9.17, 15) is 14.4 Å². The number of carbonyl (C=O) groups is 1. The Kier molecular flexibility index (Phi) is 5.28. The summed E-state index contributed by atoms with van der Waals surface area (Å²) in [6, 6.07) is 20.5. The Hall–Kier alpha value is -4.90. The molecule has 3 heterocycles. The molecular weight excluding hydrogens is 431 g/mol. The summed E-state index contributed by atoms with van der Waals surface area (Å²) in [5.74, 6) is -0.423. The molecule has 0 aliphatic heterocycles. The van der Waals surface area contributed by atoms with E-state index >= 15 is 0 Å². The van der Waals surface area contributed by atoms with Gasteiger partial charge < -0.3 is 5.32 Å². The molecule has 0 aliphatic carbocycles. The summed E-state index contributed by atoms with van der Waals surface area (Å²) in [5.41, 5.74) is 4.42. The van der Waals surface area contributed by atoms with Crippen molar-refractivity contribution in [2.45, 2.75) is 6.92 Å². The van der Waals surface area contributed by atoms with Crippen molar-refractivity contribution in [3.8, 4) is 28.6 Å². The molecule has 0 saturated heterocycles. The number of nitrogens with zero attached hydrogens (tertiary/aromatic N) is 5. The first-order chi connectivity index (χ1) is 16.5. The van der Waals surface area contributed by atoms with E-state index in [1.807, 2.05) is 12.1 Å². The fraction of sp³-hybridized carbons (Fsp3) is 0.0385. The van der Waals surface area contributed by atoms with Gasteiger partial charge in [0, 0.05) is 23.5 Å². The SMILES string of the molecule is Cc1cc(-c2nc3cccnn3c2-c2ccnc(NC(=O)c3ccccc3C#N)c2)ccc1F. The quantitative estimate of drug-likeness (QED) is 0.416. The maximum atomic E-state index is 13.9. The van der Waals surface area contributed by atoms with Crippen molar-refractivity contribution in [3.63, 3.8) is 0 Å². The topological polar surface area (TPSA) is 96.0 Å². The van der Waals surface area contributed by atoms with Gasteiger partial charge in [-0.2, -0.15) is 10.4 Å². The van der Waals surface area contributed by atoms with Crippen LogP contribution < -0.4 is 5.32 Å². The summed E-state index contributed by atoms with van der Waals surface area (Å²) in [7, 11) is 0. The molecule has 5 rings (SSSR count). The fourth-order valence-corrected chi connectivity index (χ4v) is 3.75. The number of hydrogen-bond donors (Lipinski definition) is 1. The smallest absolute Gasteiger partial charge is 0.258 e. The third-order valence-corrected chi connectivity index (χ3v) is 5.39. The summed E-state index contributed by atoms with van der Waals surface area (Å²) >= 11 is 0. The summed E-state index contributed by atoms with van der Waals surface area (Å²) in [6.45, 7) is 1.70. The fourth-order valence-electron chi connectivity index (χ4n) is 3.75. The van der Waals surface area contributed by atoms with Crippen molar-refractivity contribution in [2.24, 2.45) is 0 Å². The van der Waals surface area contributed by atoms with Gasteiger partial charge in [0.2, 0.25) is 0 Å². The van der Waals surface area contributed by atoms with Crippen LogP contribution in [-0.4, -0.2) is 25.5 Å². The average molecular weight is 448 g/mol. The first kappa shape index (κ1) is 21.0. The number of fused-ring (bicyclic) bond motifs is 1. The van der Waals surface area contributed by atoms with E-state index in [1.165, 1.54) is 6.07 Å². The highest BCUT2D eigenvalue weighted by Crippen LogP contribution is 2.33. The van der Waals surface area contributed by atoms with Crippen LogP contribution in [0.5, 0.6) is 0 Å². The van der Waals surface area contributed by atoms with Gasteiger partial charge in [-0.3, -0.25) is 4.79 Å². The van der Waals surface area contributed by atoms with Gasteiger partial charge in [-0.15, -0.1) is 0 Å². The lowest BCUT2D eigenvalue weighted by molar-refractivity contribution is 0.102. The molecule has 0 spiro atoms. The Balaban J connectivity index is 1.60. The molecule has 1 amide bonds. The largest absolute Gasteiger partial charge is 0.307 e. The molecular formula is C26H17FN6O. The van der Waals surface area contributed by atoms with Gasteiger partial charge in [-0.1, -0.05) is 12.1 Å². The molecule has 7 nitrogen and oxygen atoms in total. The molecule has 0 atom stereocenters. The third-order valence-electron chi connectivity index (χ3n) is 5.39. The van der Waals surface area contributed by atoms with Gasteiger partial charge >= 0.3 is 0 Å². The van der Waals surface area contributed by atoms with Crippen LogP contribution in [0.4, 0.5) is 10.2 Å². The first-order valence-electron chi connectivity index (χ1n) is 10.4. The second kappa shape index (κ2) is 8.56. The number of nitriles is 1. The Bertz CT molecular complexity index is 1600. The van der Waals surface area contributed by atoms with Crippen LogP contribution in [0.2, 0.25) is 0 Å². The highest BCUT2D eigenvalue weighted by Gasteiger charge is 2.19. The van der Waals surface area contributed by atoms with Crippen LogP contribution in [0, 0.1) is 24.1 Å². The molecule has 0 bridgehead atoms. The summed E-state index contributed by atoms with van der Waals surface area (Å²) in [4.78, 5) is 21.8. The van der Waals surface area contributed by atoms with Crippen LogP contribution in [0.25, 0.3) is 28.2 Å². The minimum Gasteiger partial charge on any atom is -0.307 e. The van der Waals surface area contributed by atoms with Gasteiger partial charge in [-0.05, 0) is 67.1 Å². The van der Waals surface area contributed by atoms with Crippen LogP contribution >= 0.6 is 0 Å². The second-order valence-corrected chi connectivity index (χ2v) is 7.61. The van der Waals surface area contributed by atoms with E-state index < -0.39 is 5.91 Å². The Morgan fingerprint density at radius 3 is 2.71 bits per heavy atom. The number of pyridine rings is 1. The zero-order chi connectivity index (χ0) is 23.7. The number of anilines is 1. The van der Waals surface area contributed by atoms with Gasteiger partial charge in [-0.25, -0.2) is 18.9 Å². The van der Waals surface area contributed by atoms with Crippen molar-refractivity contribution in [3.05, 3.63) is 102 Å². The van der Waals surface area contributed by atoms with Crippen molar-refractivity contribution in [1.82, 2.24) is 19.6 Å². The molecule has 8 heteroatoms. The Labute approximate surface area is 194 Å². The molecule has 164 valence electrons. The van der Waals surface area contributed by atoms with E-state index in [4.69, 9.17) is 4.98 Å². The lowest BCUT2D eigenvalue weighted by atomic mass is 10.0. The number of imidazole rings is 1. The van der Waals surface area contributed by atoms with Crippen molar-refractivity contribution in [2.75, 3.05) is 5.32 Å². The molecule has 3 aromatic heterocycles. The van der Waals surface area contributed by atoms with E-state index in [0.29, 0.717) is 34.0 Å². The molecule has 0 aliphatic rings. The highest BCUT2D eigenvalue weighted by atomic mass is 19.1. The van der Waals surface area contributed by atoms with Crippen LogP contribution in [-0.2, 0) is 0 Å². The number of rotatable bonds is 4. The highest BCUT2D eigenvalue weighted by molar-refractivity contribution is 6.05. The van der Waals surface area contributed by atoms with Gasteiger partial charge in [0.1, 0.15) is 17.3 Å². The molecule has 2 aromatic carbocycles. The first-order valence-corrected chi connectivity index (χ1v) is 10.4. The predicted octanol–water partition coefficient (Wildman–Crippen LogP) is 5.03. The summed E-state index contributed by atoms with van der Waals surface area (Å²) in [6.07, 6.45) is 3.23. The van der Waals surface area contributed by atoms with E-state index in [1.54, 1.807) is 78.4 Å². The third kappa shape index (κ3) is 3.76. The summed E-state index contributed by atoms with van der Waals surface area (Å²) in [5, 5.41) is 16.5. The number of hydrogen-bond acceptors (Lipinski definition) is 5. The maximum Gasteiger partial charge on any atom is 0.258 e. The lowest BCUT2D eigenvalue weighted by Crippen LogP contribution is -2.14. The van der Waals surface area contributed by atoms with Crippen LogP contribution in [0.15, 0.2) is 79.1 Å². The van der Waals surface area contributed by atoms with E-state index in [-0.39, 0.29) is 16.9 Å². The van der Waals surface area contributed by atoms with Crippen molar-refractivity contribution < 1.29 is 9.18 Å². The van der Waals surface area contributed by atoms with Crippen molar-refractivity contribution >= 4 is 17.4 Å². The summed E-state index contributed by atoms with van der Waals surface area (Å²) < 4.78 is 15.6. The number of nitrogens with one attached hydrogen (secondary N) is 1. The zero-order valence-electron chi connectivity index (χ0n) is 18.0. The number of aromatic nitrogens is 4. The van der Waals surface area contributed by atoms with Gasteiger partial charge in [0.25, 0.3) is 5.91 Å². The monoisotopic (exact) mass is 448 g/mol. The zero-order valence-corrected chi connectivity index (χ0v) is 18.0. The maximum absolute atomic E-state index is 13.9. The number of aryl methyl sites for hydroxylation is 1. The minimum atomic E-state index is -0.438. The molecule has 34 heavy (non-hydrogen) atoms. The number of amides is 1. The molecule has 1 N–H and O–H groups in total. The molecule has 0 unspecified atom stereocenters. The minimum absolute atomic E-state index is 0.260. The lowest BCUT2D eigenvalue weighted by Gasteiger charge is -2.09. The van der Waals surface area contributed by atoms with E-state index in [0.717, 1.165) is 5.56 Å². The number of carbonyl (C=O) groups excluding carboxylic acids is 1. The van der Waals surface area contributed by atoms with Crippen LogP contribution in [0.3, 0.4) is 0 Å². The number of halogens is 1. The molecule has 0 fully saturated rings. The van der Waals surface area contributed by atoms with E-state index in [2.05, 4.69) is 15.4 Å². The normalized spacial score (nSPS) is 10.7.